The van der Waals surface area contributed by atoms with Gasteiger partial charge in [0.1, 0.15) is 0 Å². The highest BCUT2D eigenvalue weighted by molar-refractivity contribution is 9.10. The summed E-state index contributed by atoms with van der Waals surface area (Å²) in [6.07, 6.45) is 21.4. The highest BCUT2D eigenvalue weighted by Gasteiger charge is 2.57. The zero-order chi connectivity index (χ0) is 23.2. The molecule has 0 aromatic heterocycles. The molecule has 184 valence electrons. The molecular weight excluding hydrogens is 512 g/mol. The van der Waals surface area contributed by atoms with Crippen LogP contribution in [0.3, 0.4) is 0 Å². The fraction of sp³-hybridized carbons (Fsp3) is 1.00. The molecule has 0 radical (unpaired) electrons. The van der Waals surface area contributed by atoms with Gasteiger partial charge < -0.3 is 11.5 Å². The first-order valence-electron chi connectivity index (χ1n) is 13.6. The van der Waals surface area contributed by atoms with E-state index >= 15 is 0 Å². The van der Waals surface area contributed by atoms with Crippen LogP contribution in [0.4, 0.5) is 0 Å². The number of rotatable bonds is 12. The Bertz CT molecular complexity index is 481. The highest BCUT2D eigenvalue weighted by atomic mass is 79.9. The lowest BCUT2D eigenvalue weighted by atomic mass is 9.56. The van der Waals surface area contributed by atoms with Gasteiger partial charge in [0.2, 0.25) is 0 Å². The number of hydrogen-bond donors (Lipinski definition) is 2. The van der Waals surface area contributed by atoms with E-state index in [1.807, 2.05) is 0 Å². The molecule has 4 heteroatoms. The molecule has 6 atom stereocenters. The minimum Gasteiger partial charge on any atom is -0.316 e. The molecule has 0 aliphatic heterocycles. The molecule has 2 rings (SSSR count). The molecule has 4 N–H and O–H groups in total. The Morgan fingerprint density at radius 1 is 0.645 bits per heavy atom. The first kappa shape index (κ1) is 28.1. The molecule has 0 amide bonds. The predicted octanol–water partition coefficient (Wildman–Crippen LogP) is 9.03. The molecule has 0 bridgehead atoms. The average Bonchev–Trinajstić information content (AvgIpc) is 2.71. The maximum absolute atomic E-state index is 7.30. The van der Waals surface area contributed by atoms with Crippen molar-refractivity contribution in [2.45, 2.75) is 146 Å². The monoisotopic (exact) mass is 562 g/mol. The topological polar surface area (TPSA) is 52.0 Å². The Morgan fingerprint density at radius 3 is 1.35 bits per heavy atom. The van der Waals surface area contributed by atoms with E-state index in [1.54, 1.807) is 0 Å². The minimum atomic E-state index is -0.263. The summed E-state index contributed by atoms with van der Waals surface area (Å²) in [6, 6.07) is 0. The van der Waals surface area contributed by atoms with E-state index in [4.69, 9.17) is 11.5 Å². The summed E-state index contributed by atoms with van der Waals surface area (Å²) in [6.45, 7) is 9.28. The number of hydrogen-bond acceptors (Lipinski definition) is 2. The molecule has 2 aliphatic rings. The van der Waals surface area contributed by atoms with Crippen LogP contribution in [0.5, 0.6) is 0 Å². The van der Waals surface area contributed by atoms with Gasteiger partial charge in [-0.15, -0.1) is 0 Å². The Kier molecular flexibility index (Phi) is 10.9. The second-order valence-corrected chi connectivity index (χ2v) is 13.8. The Hall–Kier alpha value is 0.880. The molecule has 6 unspecified atom stereocenters. The van der Waals surface area contributed by atoms with Crippen LogP contribution in [-0.2, 0) is 0 Å². The van der Waals surface area contributed by atoms with Crippen LogP contribution in [0.15, 0.2) is 0 Å². The lowest BCUT2D eigenvalue weighted by Gasteiger charge is -2.57. The summed E-state index contributed by atoms with van der Waals surface area (Å²) in [7, 11) is 0. The smallest absolute Gasteiger partial charge is 0.0802 e. The van der Waals surface area contributed by atoms with Gasteiger partial charge in [0, 0.05) is 0 Å². The number of alkyl halides is 2. The first-order chi connectivity index (χ1) is 14.7. The minimum absolute atomic E-state index is 0.238. The molecule has 0 aromatic rings. The molecule has 0 spiro atoms. The summed E-state index contributed by atoms with van der Waals surface area (Å²) in [5.41, 5.74) is 15.1. The molecule has 0 saturated heterocycles. The van der Waals surface area contributed by atoms with Gasteiger partial charge in [0.15, 0.2) is 0 Å². The van der Waals surface area contributed by atoms with Crippen molar-refractivity contribution in [3.63, 3.8) is 0 Å². The number of nitrogens with two attached hydrogens (primary N) is 2. The zero-order valence-electron chi connectivity index (χ0n) is 21.1. The van der Waals surface area contributed by atoms with E-state index < -0.39 is 0 Å². The summed E-state index contributed by atoms with van der Waals surface area (Å²) in [5.74, 6) is 1.03. The summed E-state index contributed by atoms with van der Waals surface area (Å²) >= 11 is 8.40. The summed E-state index contributed by atoms with van der Waals surface area (Å²) in [5, 5.41) is 0. The Morgan fingerprint density at radius 2 is 1.03 bits per heavy atom. The van der Waals surface area contributed by atoms with E-state index in [9.17, 15) is 0 Å². The van der Waals surface area contributed by atoms with Gasteiger partial charge >= 0.3 is 0 Å². The van der Waals surface area contributed by atoms with Crippen molar-refractivity contribution in [2.75, 3.05) is 0 Å². The molecular formula is C27H52Br2N2. The van der Waals surface area contributed by atoms with Gasteiger partial charge in [-0.2, -0.15) is 0 Å². The lowest BCUT2D eigenvalue weighted by Crippen LogP contribution is -2.62. The second-order valence-electron chi connectivity index (χ2n) is 11.2. The van der Waals surface area contributed by atoms with Crippen LogP contribution in [0.25, 0.3) is 0 Å². The number of unbranched alkanes of at least 4 members (excludes halogenated alkanes) is 2. The fourth-order valence-corrected chi connectivity index (χ4v) is 9.49. The first-order valence-corrected chi connectivity index (χ1v) is 15.2. The predicted molar refractivity (Wildman–Crippen MR) is 145 cm³/mol. The van der Waals surface area contributed by atoms with E-state index in [1.165, 1.54) is 109 Å². The third kappa shape index (κ3) is 5.76. The quantitative estimate of drug-likeness (QED) is 0.184. The van der Waals surface area contributed by atoms with Crippen LogP contribution in [0, 0.1) is 22.7 Å². The van der Waals surface area contributed by atoms with Gasteiger partial charge in [-0.3, -0.25) is 0 Å². The molecule has 2 saturated carbocycles. The van der Waals surface area contributed by atoms with E-state index in [-0.39, 0.29) is 19.7 Å². The van der Waals surface area contributed by atoms with Gasteiger partial charge in [0.05, 0.1) is 8.90 Å². The molecule has 2 fully saturated rings. The van der Waals surface area contributed by atoms with Crippen molar-refractivity contribution < 1.29 is 0 Å². The van der Waals surface area contributed by atoms with Crippen LogP contribution in [-0.4, -0.2) is 8.90 Å². The highest BCUT2D eigenvalue weighted by Crippen LogP contribution is 2.60. The second kappa shape index (κ2) is 12.0. The van der Waals surface area contributed by atoms with Crippen LogP contribution >= 0.6 is 31.9 Å². The standard InChI is InChI=1S/C27H52Br2N2/c1-5-9-17-24(15-7-3)19-11-13-22(26(24,28)30)21-23-14-12-20-25(16-8-4,18-10-6-2)27(23,29)31/h22-23H,5-21,30-31H2,1-4H3. The third-order valence-corrected chi connectivity index (χ3v) is 12.3. The molecule has 2 nitrogen and oxygen atoms in total. The molecule has 0 aromatic carbocycles. The van der Waals surface area contributed by atoms with Crippen molar-refractivity contribution >= 4 is 31.9 Å². The maximum atomic E-state index is 7.30. The van der Waals surface area contributed by atoms with Crippen molar-refractivity contribution in [1.82, 2.24) is 0 Å². The largest absolute Gasteiger partial charge is 0.316 e. The maximum Gasteiger partial charge on any atom is 0.0802 e. The van der Waals surface area contributed by atoms with Crippen molar-refractivity contribution in [1.29, 1.82) is 0 Å². The Balaban J connectivity index is 2.28. The third-order valence-electron chi connectivity index (χ3n) is 9.27. The van der Waals surface area contributed by atoms with Crippen LogP contribution < -0.4 is 11.5 Å². The van der Waals surface area contributed by atoms with Gasteiger partial charge in [-0.25, -0.2) is 0 Å². The van der Waals surface area contributed by atoms with Crippen LogP contribution in [0.1, 0.15) is 137 Å². The Labute approximate surface area is 211 Å². The lowest BCUT2D eigenvalue weighted by molar-refractivity contribution is 0.0113. The molecule has 2 aliphatic carbocycles. The molecule has 31 heavy (non-hydrogen) atoms. The van der Waals surface area contributed by atoms with Gasteiger partial charge in [-0.05, 0) is 80.5 Å². The van der Waals surface area contributed by atoms with Crippen LogP contribution in [0.2, 0.25) is 0 Å². The average molecular weight is 565 g/mol. The SMILES string of the molecule is CCCCC1(CCC)CCCC(CC2CCCC(CCC)(CCCC)C2(N)Br)C1(N)Br. The van der Waals surface area contributed by atoms with Gasteiger partial charge in [0.25, 0.3) is 0 Å². The van der Waals surface area contributed by atoms with Crippen molar-refractivity contribution in [3.05, 3.63) is 0 Å². The van der Waals surface area contributed by atoms with E-state index in [2.05, 4.69) is 59.6 Å². The summed E-state index contributed by atoms with van der Waals surface area (Å²) < 4.78 is -0.526. The molecule has 0 heterocycles. The zero-order valence-corrected chi connectivity index (χ0v) is 24.3. The van der Waals surface area contributed by atoms with Crippen molar-refractivity contribution in [3.8, 4) is 0 Å². The van der Waals surface area contributed by atoms with Gasteiger partial charge in [-0.1, -0.05) is 111 Å². The van der Waals surface area contributed by atoms with Crippen molar-refractivity contribution in [2.24, 2.45) is 34.1 Å². The summed E-state index contributed by atoms with van der Waals surface area (Å²) in [4.78, 5) is 0. The normalized spacial score (nSPS) is 41.4. The van der Waals surface area contributed by atoms with E-state index in [0.29, 0.717) is 11.8 Å². The fourth-order valence-electron chi connectivity index (χ4n) is 7.47. The van der Waals surface area contributed by atoms with E-state index in [0.717, 1.165) is 0 Å². The number of halogens is 2.